The fraction of sp³-hybridized carbons (Fsp3) is 0.0476. The fourth-order valence-corrected chi connectivity index (χ4v) is 2.89. The number of non-ortho nitro benzene ring substituents is 1. The van der Waals surface area contributed by atoms with Crippen molar-refractivity contribution in [1.29, 1.82) is 0 Å². The zero-order chi connectivity index (χ0) is 19.7. The van der Waals surface area contributed by atoms with Gasteiger partial charge in [0.05, 0.1) is 4.92 Å². The number of carbonyl (C=O) groups is 1. The van der Waals surface area contributed by atoms with Gasteiger partial charge >= 0.3 is 0 Å². The van der Waals surface area contributed by atoms with E-state index in [1.165, 1.54) is 24.3 Å². The Kier molecular flexibility index (Phi) is 4.33. The van der Waals surface area contributed by atoms with Gasteiger partial charge in [0.15, 0.2) is 5.58 Å². The van der Waals surface area contributed by atoms with E-state index in [1.807, 2.05) is 31.2 Å². The van der Waals surface area contributed by atoms with Crippen LogP contribution in [0.15, 0.2) is 71.1 Å². The Morgan fingerprint density at radius 2 is 1.89 bits per heavy atom. The van der Waals surface area contributed by atoms with Gasteiger partial charge in [0.25, 0.3) is 11.6 Å². The van der Waals surface area contributed by atoms with Gasteiger partial charge in [0.1, 0.15) is 5.52 Å². The van der Waals surface area contributed by atoms with Crippen molar-refractivity contribution < 1.29 is 14.1 Å². The highest BCUT2D eigenvalue weighted by molar-refractivity contribution is 6.05. The van der Waals surface area contributed by atoms with Crippen LogP contribution in [-0.4, -0.2) is 15.8 Å². The third kappa shape index (κ3) is 3.33. The molecule has 4 rings (SSSR count). The van der Waals surface area contributed by atoms with Crippen molar-refractivity contribution in [3.05, 3.63) is 88.0 Å². The predicted octanol–water partition coefficient (Wildman–Crippen LogP) is 4.96. The molecule has 0 aliphatic rings. The topological polar surface area (TPSA) is 98.3 Å². The number of hydrogen-bond acceptors (Lipinski definition) is 5. The second kappa shape index (κ2) is 6.96. The van der Waals surface area contributed by atoms with Gasteiger partial charge < -0.3 is 9.73 Å². The van der Waals surface area contributed by atoms with Crippen molar-refractivity contribution in [1.82, 2.24) is 4.98 Å². The van der Waals surface area contributed by atoms with E-state index in [-0.39, 0.29) is 11.3 Å². The number of aryl methyl sites for hydroxylation is 1. The van der Waals surface area contributed by atoms with Gasteiger partial charge in [-0.3, -0.25) is 14.9 Å². The van der Waals surface area contributed by atoms with Crippen LogP contribution < -0.4 is 5.32 Å². The lowest BCUT2D eigenvalue weighted by molar-refractivity contribution is -0.384. The molecule has 0 aliphatic heterocycles. The molecule has 0 spiro atoms. The molecule has 3 aromatic carbocycles. The summed E-state index contributed by atoms with van der Waals surface area (Å²) in [6.45, 7) is 1.98. The standard InChI is InChI=1S/C21H15N3O4/c1-13-5-2-3-8-17(13)21-23-18-10-9-15(12-19(18)28-21)22-20(25)14-6-4-7-16(11-14)24(26)27/h2-12H,1H3,(H,22,25). The van der Waals surface area contributed by atoms with Gasteiger partial charge in [0, 0.05) is 35.0 Å². The maximum absolute atomic E-state index is 12.4. The lowest BCUT2D eigenvalue weighted by Gasteiger charge is -2.04. The van der Waals surface area contributed by atoms with Gasteiger partial charge in [-0.15, -0.1) is 0 Å². The Morgan fingerprint density at radius 1 is 1.07 bits per heavy atom. The Hall–Kier alpha value is -4.00. The van der Waals surface area contributed by atoms with Gasteiger partial charge in [-0.05, 0) is 36.8 Å². The Balaban J connectivity index is 1.61. The molecule has 0 saturated carbocycles. The van der Waals surface area contributed by atoms with E-state index >= 15 is 0 Å². The zero-order valence-electron chi connectivity index (χ0n) is 14.9. The summed E-state index contributed by atoms with van der Waals surface area (Å²) < 4.78 is 5.86. The molecule has 0 unspecified atom stereocenters. The minimum atomic E-state index is -0.537. The smallest absolute Gasteiger partial charge is 0.270 e. The summed E-state index contributed by atoms with van der Waals surface area (Å²) in [6.07, 6.45) is 0. The zero-order valence-corrected chi connectivity index (χ0v) is 14.9. The minimum Gasteiger partial charge on any atom is -0.436 e. The van der Waals surface area contributed by atoms with Gasteiger partial charge in [0.2, 0.25) is 5.89 Å². The molecule has 0 fully saturated rings. The van der Waals surface area contributed by atoms with Gasteiger partial charge in [-0.25, -0.2) is 4.98 Å². The third-order valence-electron chi connectivity index (χ3n) is 4.34. The molecular weight excluding hydrogens is 358 g/mol. The number of nitro groups is 1. The Labute approximate surface area is 159 Å². The maximum Gasteiger partial charge on any atom is 0.270 e. The van der Waals surface area contributed by atoms with Crippen LogP contribution in [0, 0.1) is 17.0 Å². The monoisotopic (exact) mass is 373 g/mol. The van der Waals surface area contributed by atoms with Crippen molar-refractivity contribution in [3.63, 3.8) is 0 Å². The number of nitrogens with zero attached hydrogens (tertiary/aromatic N) is 2. The van der Waals surface area contributed by atoms with Crippen LogP contribution in [-0.2, 0) is 0 Å². The molecule has 7 heteroatoms. The van der Waals surface area contributed by atoms with Crippen LogP contribution in [0.2, 0.25) is 0 Å². The van der Waals surface area contributed by atoms with Crippen LogP contribution in [0.25, 0.3) is 22.6 Å². The second-order valence-corrected chi connectivity index (χ2v) is 6.28. The van der Waals surface area contributed by atoms with E-state index in [4.69, 9.17) is 4.42 Å². The number of hydrogen-bond donors (Lipinski definition) is 1. The molecule has 1 N–H and O–H groups in total. The van der Waals surface area contributed by atoms with Crippen molar-refractivity contribution in [2.45, 2.75) is 6.92 Å². The number of amides is 1. The summed E-state index contributed by atoms with van der Waals surface area (Å²) >= 11 is 0. The third-order valence-corrected chi connectivity index (χ3v) is 4.34. The first-order valence-corrected chi connectivity index (χ1v) is 8.54. The number of anilines is 1. The number of oxazole rings is 1. The van der Waals surface area contributed by atoms with Crippen LogP contribution in [0.5, 0.6) is 0 Å². The number of nitrogens with one attached hydrogen (secondary N) is 1. The summed E-state index contributed by atoms with van der Waals surface area (Å²) in [5.41, 5.74) is 3.74. The summed E-state index contributed by atoms with van der Waals surface area (Å²) in [5, 5.41) is 13.6. The average molecular weight is 373 g/mol. The summed E-state index contributed by atoms with van der Waals surface area (Å²) in [5.74, 6) is 0.0666. The normalized spacial score (nSPS) is 10.8. The lowest BCUT2D eigenvalue weighted by Crippen LogP contribution is -2.11. The summed E-state index contributed by atoms with van der Waals surface area (Å²) in [6, 6.07) is 18.5. The molecule has 28 heavy (non-hydrogen) atoms. The highest BCUT2D eigenvalue weighted by Gasteiger charge is 2.14. The molecule has 0 saturated heterocycles. The van der Waals surface area contributed by atoms with Gasteiger partial charge in [-0.1, -0.05) is 24.3 Å². The molecule has 1 aromatic heterocycles. The van der Waals surface area contributed by atoms with E-state index in [1.54, 1.807) is 18.2 Å². The minimum absolute atomic E-state index is 0.138. The molecule has 0 atom stereocenters. The van der Waals surface area contributed by atoms with E-state index < -0.39 is 10.8 Å². The van der Waals surface area contributed by atoms with Crippen LogP contribution in [0.4, 0.5) is 11.4 Å². The Morgan fingerprint density at radius 3 is 2.68 bits per heavy atom. The summed E-state index contributed by atoms with van der Waals surface area (Å²) in [7, 11) is 0. The van der Waals surface area contributed by atoms with Gasteiger partial charge in [-0.2, -0.15) is 0 Å². The average Bonchev–Trinajstić information content (AvgIpc) is 3.11. The van der Waals surface area contributed by atoms with Crippen molar-refractivity contribution >= 4 is 28.4 Å². The molecule has 0 radical (unpaired) electrons. The molecule has 1 amide bonds. The van der Waals surface area contributed by atoms with Crippen molar-refractivity contribution in [3.8, 4) is 11.5 Å². The molecule has 1 heterocycles. The number of benzene rings is 3. The first kappa shape index (κ1) is 17.4. The molecule has 0 aliphatic carbocycles. The summed E-state index contributed by atoms with van der Waals surface area (Å²) in [4.78, 5) is 27.3. The Bertz CT molecular complexity index is 1210. The van der Waals surface area contributed by atoms with E-state index in [0.717, 1.165) is 11.1 Å². The number of fused-ring (bicyclic) bond motifs is 1. The molecule has 7 nitrogen and oxygen atoms in total. The van der Waals surface area contributed by atoms with Crippen molar-refractivity contribution in [2.75, 3.05) is 5.32 Å². The fourth-order valence-electron chi connectivity index (χ4n) is 2.89. The van der Waals surface area contributed by atoms with E-state index in [9.17, 15) is 14.9 Å². The first-order chi connectivity index (χ1) is 13.5. The highest BCUT2D eigenvalue weighted by Crippen LogP contribution is 2.28. The van der Waals surface area contributed by atoms with E-state index in [0.29, 0.717) is 22.7 Å². The lowest BCUT2D eigenvalue weighted by atomic mass is 10.1. The number of nitro benzene ring substituents is 1. The number of rotatable bonds is 4. The SMILES string of the molecule is Cc1ccccc1-c1nc2ccc(NC(=O)c3cccc([N+](=O)[O-])c3)cc2o1. The number of aromatic nitrogens is 1. The quantitative estimate of drug-likeness (QED) is 0.402. The predicted molar refractivity (Wildman–Crippen MR) is 105 cm³/mol. The molecule has 0 bridgehead atoms. The second-order valence-electron chi connectivity index (χ2n) is 6.28. The molecule has 4 aromatic rings. The van der Waals surface area contributed by atoms with Crippen molar-refractivity contribution in [2.24, 2.45) is 0 Å². The molecule has 138 valence electrons. The largest absolute Gasteiger partial charge is 0.436 e. The first-order valence-electron chi connectivity index (χ1n) is 8.54. The molecular formula is C21H15N3O4. The highest BCUT2D eigenvalue weighted by atomic mass is 16.6. The van der Waals surface area contributed by atoms with Crippen LogP contribution >= 0.6 is 0 Å². The number of carbonyl (C=O) groups excluding carboxylic acids is 1. The van der Waals surface area contributed by atoms with Crippen LogP contribution in [0.1, 0.15) is 15.9 Å². The van der Waals surface area contributed by atoms with E-state index in [2.05, 4.69) is 10.3 Å². The van der Waals surface area contributed by atoms with Crippen LogP contribution in [0.3, 0.4) is 0 Å². The maximum atomic E-state index is 12.4.